The third kappa shape index (κ3) is 4.28. The first kappa shape index (κ1) is 13.1. The van der Waals surface area contributed by atoms with Gasteiger partial charge in [0.1, 0.15) is 0 Å². The van der Waals surface area contributed by atoms with E-state index in [2.05, 4.69) is 51.3 Å². The van der Waals surface area contributed by atoms with E-state index in [1.807, 2.05) is 0 Å². The molecule has 0 spiro atoms. The highest BCUT2D eigenvalue weighted by Crippen LogP contribution is 2.24. The number of thioether (sulfide) groups is 1. The van der Waals surface area contributed by atoms with Crippen molar-refractivity contribution in [1.29, 1.82) is 0 Å². The minimum absolute atomic E-state index is 1.07. The fraction of sp³-hybridized carbons (Fsp3) is 0.333. The van der Waals surface area contributed by atoms with E-state index in [0.717, 1.165) is 29.1 Å². The normalized spacial score (nSPS) is 15.9. The average Bonchev–Trinajstić information content (AvgIpc) is 2.27. The van der Waals surface area contributed by atoms with E-state index in [9.17, 15) is 0 Å². The number of hydrogen-bond acceptors (Lipinski definition) is 1. The van der Waals surface area contributed by atoms with Gasteiger partial charge in [-0.2, -0.15) is 0 Å². The summed E-state index contributed by atoms with van der Waals surface area (Å²) >= 11 is 1.77. The van der Waals surface area contributed by atoms with E-state index in [-0.39, 0.29) is 0 Å². The monoisotopic (exact) mass is 232 g/mol. The van der Waals surface area contributed by atoms with E-state index in [4.69, 9.17) is 0 Å². The molecule has 0 aromatic carbocycles. The topological polar surface area (TPSA) is 0 Å². The molecule has 0 heterocycles. The molecule has 0 aliphatic heterocycles. The fourth-order valence-electron chi connectivity index (χ4n) is 1.54. The Bertz CT molecular complexity index is 367. The molecule has 0 unspecified atom stereocenters. The summed E-state index contributed by atoms with van der Waals surface area (Å²) in [7, 11) is 0. The van der Waals surface area contributed by atoms with Gasteiger partial charge in [-0.25, -0.2) is 0 Å². The summed E-state index contributed by atoms with van der Waals surface area (Å²) in [6.07, 6.45) is 10.8. The Hall–Kier alpha value is -0.950. The minimum Gasteiger partial charge on any atom is -0.127 e. The molecule has 1 rings (SSSR count). The van der Waals surface area contributed by atoms with Gasteiger partial charge in [0.15, 0.2) is 0 Å². The zero-order valence-electron chi connectivity index (χ0n) is 10.3. The summed E-state index contributed by atoms with van der Waals surface area (Å²) in [6, 6.07) is 0. The van der Waals surface area contributed by atoms with Crippen LogP contribution in [0.25, 0.3) is 0 Å². The van der Waals surface area contributed by atoms with E-state index in [1.54, 1.807) is 11.8 Å². The highest BCUT2D eigenvalue weighted by molar-refractivity contribution is 8.03. The molecule has 0 saturated heterocycles. The van der Waals surface area contributed by atoms with Gasteiger partial charge < -0.3 is 0 Å². The van der Waals surface area contributed by atoms with Crippen molar-refractivity contribution >= 4 is 11.8 Å². The minimum atomic E-state index is 1.07. The average molecular weight is 232 g/mol. The van der Waals surface area contributed by atoms with Gasteiger partial charge in [0.2, 0.25) is 0 Å². The van der Waals surface area contributed by atoms with Crippen molar-refractivity contribution in [3.8, 4) is 0 Å². The SMILES string of the molecule is C=C(/C=C\C(=C)C1=CC=C(C)CC1)SCC. The Kier molecular flexibility index (Phi) is 5.41. The lowest BCUT2D eigenvalue weighted by Gasteiger charge is -2.12. The zero-order valence-corrected chi connectivity index (χ0v) is 11.1. The first-order chi connectivity index (χ1) is 7.63. The molecule has 16 heavy (non-hydrogen) atoms. The van der Waals surface area contributed by atoms with Gasteiger partial charge >= 0.3 is 0 Å². The van der Waals surface area contributed by atoms with Gasteiger partial charge in [-0.05, 0) is 42.7 Å². The van der Waals surface area contributed by atoms with E-state index >= 15 is 0 Å². The van der Waals surface area contributed by atoms with Crippen molar-refractivity contribution < 1.29 is 0 Å². The molecular weight excluding hydrogens is 212 g/mol. The highest BCUT2D eigenvalue weighted by atomic mass is 32.2. The lowest BCUT2D eigenvalue weighted by molar-refractivity contribution is 0.919. The first-order valence-electron chi connectivity index (χ1n) is 5.69. The van der Waals surface area contributed by atoms with Crippen molar-refractivity contribution in [3.63, 3.8) is 0 Å². The molecule has 0 atom stereocenters. The van der Waals surface area contributed by atoms with Crippen LogP contribution in [0.1, 0.15) is 26.7 Å². The maximum atomic E-state index is 4.10. The molecule has 0 saturated carbocycles. The standard InChI is InChI=1S/C15H20S/c1-5-16-14(4)9-8-13(3)15-10-6-12(2)7-11-15/h6,8-10H,3-5,7,11H2,1-2H3/b9-8-. The molecule has 0 aromatic heterocycles. The van der Waals surface area contributed by atoms with Crippen LogP contribution in [-0.2, 0) is 0 Å². The van der Waals surface area contributed by atoms with Crippen LogP contribution in [0.5, 0.6) is 0 Å². The van der Waals surface area contributed by atoms with E-state index in [1.165, 1.54) is 11.1 Å². The smallest absolute Gasteiger partial charge is 0.00000778 e. The number of hydrogen-bond donors (Lipinski definition) is 0. The molecule has 1 aliphatic carbocycles. The second-order valence-corrected chi connectivity index (χ2v) is 5.35. The molecule has 0 fully saturated rings. The van der Waals surface area contributed by atoms with Crippen LogP contribution >= 0.6 is 11.8 Å². The predicted octanol–water partition coefficient (Wildman–Crippen LogP) is 5.03. The summed E-state index contributed by atoms with van der Waals surface area (Å²) in [4.78, 5) is 1.10. The van der Waals surface area contributed by atoms with Gasteiger partial charge in [0.05, 0.1) is 0 Å². The molecule has 0 bridgehead atoms. The van der Waals surface area contributed by atoms with Crippen molar-refractivity contribution in [3.05, 3.63) is 59.1 Å². The van der Waals surface area contributed by atoms with Gasteiger partial charge in [0, 0.05) is 4.91 Å². The number of rotatable bonds is 5. The largest absolute Gasteiger partial charge is 0.127 e. The Labute approximate surface area is 104 Å². The molecule has 86 valence electrons. The van der Waals surface area contributed by atoms with Gasteiger partial charge in [-0.3, -0.25) is 0 Å². The third-order valence-corrected chi connectivity index (χ3v) is 3.37. The summed E-state index contributed by atoms with van der Waals surface area (Å²) in [5.74, 6) is 1.07. The van der Waals surface area contributed by atoms with Gasteiger partial charge in [-0.15, -0.1) is 11.8 Å². The van der Waals surface area contributed by atoms with Crippen molar-refractivity contribution in [2.75, 3.05) is 5.75 Å². The van der Waals surface area contributed by atoms with Crippen LogP contribution in [-0.4, -0.2) is 5.75 Å². The van der Waals surface area contributed by atoms with Crippen LogP contribution < -0.4 is 0 Å². The van der Waals surface area contributed by atoms with Crippen LogP contribution in [0.2, 0.25) is 0 Å². The summed E-state index contributed by atoms with van der Waals surface area (Å²) in [5.41, 5.74) is 3.91. The van der Waals surface area contributed by atoms with Gasteiger partial charge in [0.25, 0.3) is 0 Å². The van der Waals surface area contributed by atoms with Crippen molar-refractivity contribution in [2.45, 2.75) is 26.7 Å². The molecule has 0 amide bonds. The van der Waals surface area contributed by atoms with Gasteiger partial charge in [-0.1, -0.05) is 43.9 Å². The molecule has 0 radical (unpaired) electrons. The maximum absolute atomic E-state index is 4.10. The Morgan fingerprint density at radius 3 is 2.62 bits per heavy atom. The second-order valence-electron chi connectivity index (χ2n) is 3.96. The maximum Gasteiger partial charge on any atom is 0.00000778 e. The fourth-order valence-corrected chi connectivity index (χ4v) is 2.08. The predicted molar refractivity (Wildman–Crippen MR) is 76.6 cm³/mol. The van der Waals surface area contributed by atoms with Crippen LogP contribution in [0.15, 0.2) is 59.1 Å². The molecule has 0 N–H and O–H groups in total. The van der Waals surface area contributed by atoms with Crippen LogP contribution in [0, 0.1) is 0 Å². The molecule has 0 nitrogen and oxygen atoms in total. The Morgan fingerprint density at radius 1 is 1.31 bits per heavy atom. The molecule has 1 heteroatoms. The van der Waals surface area contributed by atoms with Crippen LogP contribution in [0.3, 0.4) is 0 Å². The number of allylic oxidation sites excluding steroid dienone is 7. The quantitative estimate of drug-likeness (QED) is 0.599. The molecule has 0 aromatic rings. The van der Waals surface area contributed by atoms with Crippen molar-refractivity contribution in [1.82, 2.24) is 0 Å². The first-order valence-corrected chi connectivity index (χ1v) is 6.67. The Balaban J connectivity index is 2.56. The summed E-state index contributed by atoms with van der Waals surface area (Å²) in [6.45, 7) is 12.4. The molecule has 1 aliphatic rings. The lowest BCUT2D eigenvalue weighted by atomic mass is 9.94. The van der Waals surface area contributed by atoms with E-state index < -0.39 is 0 Å². The van der Waals surface area contributed by atoms with E-state index in [0.29, 0.717) is 0 Å². The highest BCUT2D eigenvalue weighted by Gasteiger charge is 2.04. The summed E-state index contributed by atoms with van der Waals surface area (Å²) < 4.78 is 0. The lowest BCUT2D eigenvalue weighted by Crippen LogP contribution is -1.92. The third-order valence-electron chi connectivity index (χ3n) is 2.57. The van der Waals surface area contributed by atoms with Crippen molar-refractivity contribution in [2.24, 2.45) is 0 Å². The molecular formula is C15H20S. The summed E-state index contributed by atoms with van der Waals surface area (Å²) in [5, 5.41) is 0. The zero-order chi connectivity index (χ0) is 12.0. The Morgan fingerprint density at radius 2 is 2.06 bits per heavy atom. The van der Waals surface area contributed by atoms with Crippen LogP contribution in [0.4, 0.5) is 0 Å². The second kappa shape index (κ2) is 6.59.